The normalized spacial score (nSPS) is 22.1. The fourth-order valence-corrected chi connectivity index (χ4v) is 10.1. The van der Waals surface area contributed by atoms with E-state index in [9.17, 15) is 19.2 Å². The summed E-state index contributed by atoms with van der Waals surface area (Å²) in [6.07, 6.45) is 9.91. The van der Waals surface area contributed by atoms with Gasteiger partial charge in [-0.3, -0.25) is 14.4 Å². The Morgan fingerprint density at radius 2 is 1.33 bits per heavy atom. The van der Waals surface area contributed by atoms with Gasteiger partial charge in [-0.2, -0.15) is 0 Å². The van der Waals surface area contributed by atoms with E-state index in [4.69, 9.17) is 14.7 Å². The van der Waals surface area contributed by atoms with Crippen LogP contribution in [0.3, 0.4) is 0 Å². The van der Waals surface area contributed by atoms with Gasteiger partial charge < -0.3 is 34.7 Å². The van der Waals surface area contributed by atoms with Gasteiger partial charge in [-0.15, -0.1) is 0 Å². The molecule has 60 heavy (non-hydrogen) atoms. The second-order valence-corrected chi connectivity index (χ2v) is 18.1. The van der Waals surface area contributed by atoms with Crippen LogP contribution in [0.1, 0.15) is 108 Å². The number of piperidine rings is 1. The molecule has 6 heterocycles. The third kappa shape index (κ3) is 7.71. The number of nitrogens with one attached hydrogen (secondary N) is 3. The molecule has 13 nitrogen and oxygen atoms in total. The minimum absolute atomic E-state index is 0.00919. The summed E-state index contributed by atoms with van der Waals surface area (Å²) in [5.41, 5.74) is 8.38. The number of likely N-dealkylation sites (tertiary alicyclic amines) is 2. The molecule has 4 aliphatic heterocycles. The van der Waals surface area contributed by atoms with E-state index in [1.807, 2.05) is 50.0 Å². The maximum Gasteiger partial charge on any atom is 0.407 e. The Bertz CT molecular complexity index is 2240. The molecule has 6 atom stereocenters. The second-order valence-electron chi connectivity index (χ2n) is 18.1. The Morgan fingerprint density at radius 1 is 0.750 bits per heavy atom. The maximum atomic E-state index is 13.7. The van der Waals surface area contributed by atoms with Gasteiger partial charge in [0, 0.05) is 56.5 Å². The number of rotatable bonds is 12. The third-order valence-electron chi connectivity index (χ3n) is 13.8. The highest BCUT2D eigenvalue weighted by atomic mass is 16.5. The molecule has 13 heteroatoms. The summed E-state index contributed by atoms with van der Waals surface area (Å²) in [6, 6.07) is 12.3. The highest BCUT2D eigenvalue weighted by Gasteiger charge is 2.45. The lowest BCUT2D eigenvalue weighted by Gasteiger charge is -2.46. The number of fused-ring (bicyclic) bond motifs is 2. The predicted octanol–water partition coefficient (Wildman–Crippen LogP) is 7.26. The summed E-state index contributed by atoms with van der Waals surface area (Å²) in [6.45, 7) is 11.5. The molecule has 0 radical (unpaired) electrons. The van der Waals surface area contributed by atoms with Crippen LogP contribution < -0.4 is 5.32 Å². The van der Waals surface area contributed by atoms with Crippen LogP contribution >= 0.6 is 0 Å². The summed E-state index contributed by atoms with van der Waals surface area (Å²) < 4.78 is 4.78. The zero-order valence-corrected chi connectivity index (χ0v) is 36.1. The van der Waals surface area contributed by atoms with Gasteiger partial charge in [-0.25, -0.2) is 14.8 Å². The van der Waals surface area contributed by atoms with Gasteiger partial charge in [0.15, 0.2) is 0 Å². The smallest absolute Gasteiger partial charge is 0.407 e. The highest BCUT2D eigenvalue weighted by Crippen LogP contribution is 2.53. The van der Waals surface area contributed by atoms with Crippen molar-refractivity contribution in [2.45, 2.75) is 116 Å². The van der Waals surface area contributed by atoms with Gasteiger partial charge in [0.2, 0.25) is 17.7 Å². The minimum Gasteiger partial charge on any atom is -0.453 e. The number of nitrogens with zero attached hydrogens (tertiary/aromatic N) is 5. The van der Waals surface area contributed by atoms with E-state index in [1.54, 1.807) is 0 Å². The predicted molar refractivity (Wildman–Crippen MR) is 230 cm³/mol. The number of hydrogen-bond donors (Lipinski definition) is 3. The van der Waals surface area contributed by atoms with Crippen molar-refractivity contribution in [3.63, 3.8) is 0 Å². The van der Waals surface area contributed by atoms with Gasteiger partial charge in [-0.1, -0.05) is 71.0 Å². The van der Waals surface area contributed by atoms with Crippen molar-refractivity contribution in [2.75, 3.05) is 27.2 Å². The van der Waals surface area contributed by atoms with Crippen molar-refractivity contribution < 1.29 is 23.9 Å². The van der Waals surface area contributed by atoms with E-state index in [0.29, 0.717) is 25.3 Å². The summed E-state index contributed by atoms with van der Waals surface area (Å²) in [5.74, 6) is 1.98. The van der Waals surface area contributed by atoms with Crippen LogP contribution in [0.2, 0.25) is 0 Å². The number of methoxy groups -OCH3 is 1. The molecule has 3 fully saturated rings. The molecule has 9 rings (SSSR count). The molecular formula is C47H60N8O5. The number of ether oxygens (including phenoxy) is 1. The number of imidazole rings is 2. The van der Waals surface area contributed by atoms with Crippen LogP contribution in [0.5, 0.6) is 0 Å². The molecule has 4 aromatic rings. The molecule has 2 aromatic heterocycles. The van der Waals surface area contributed by atoms with Crippen LogP contribution in [0.4, 0.5) is 4.79 Å². The number of alkyl carbamates (subject to hydrolysis) is 1. The molecule has 2 bridgehead atoms. The van der Waals surface area contributed by atoms with Crippen LogP contribution in [0, 0.1) is 17.8 Å². The van der Waals surface area contributed by atoms with Crippen molar-refractivity contribution >= 4 is 23.8 Å². The van der Waals surface area contributed by atoms with E-state index in [1.165, 1.54) is 12.7 Å². The molecule has 3 saturated heterocycles. The van der Waals surface area contributed by atoms with Gasteiger partial charge in [0.25, 0.3) is 0 Å². The number of benzene rings is 2. The third-order valence-corrected chi connectivity index (χ3v) is 13.8. The molecule has 0 saturated carbocycles. The monoisotopic (exact) mass is 816 g/mol. The van der Waals surface area contributed by atoms with Gasteiger partial charge in [0.05, 0.1) is 42.9 Å². The molecule has 1 aliphatic carbocycles. The Hall–Kier alpha value is -5.46. The number of carbonyl (C=O) groups excluding carboxylic acids is 4. The maximum absolute atomic E-state index is 13.7. The number of aromatic nitrogens is 4. The van der Waals surface area contributed by atoms with Crippen LogP contribution in [-0.4, -0.2) is 104 Å². The molecule has 6 unspecified atom stereocenters. The fourth-order valence-electron chi connectivity index (χ4n) is 10.1. The molecule has 318 valence electrons. The van der Waals surface area contributed by atoms with Crippen molar-refractivity contribution in [1.82, 2.24) is 40.0 Å². The first-order chi connectivity index (χ1) is 28.8. The van der Waals surface area contributed by atoms with E-state index in [-0.39, 0.29) is 53.6 Å². The van der Waals surface area contributed by atoms with E-state index in [0.717, 1.165) is 95.9 Å². The second kappa shape index (κ2) is 16.9. The van der Waals surface area contributed by atoms with E-state index < -0.39 is 12.1 Å². The van der Waals surface area contributed by atoms with Gasteiger partial charge >= 0.3 is 6.09 Å². The highest BCUT2D eigenvalue weighted by molar-refractivity contribution is 5.93. The van der Waals surface area contributed by atoms with Gasteiger partial charge in [0.1, 0.15) is 17.7 Å². The molecule has 2 aromatic carbocycles. The molecule has 0 spiro atoms. The van der Waals surface area contributed by atoms with Crippen LogP contribution in [0.25, 0.3) is 33.6 Å². The Kier molecular flexibility index (Phi) is 11.6. The zero-order chi connectivity index (χ0) is 42.4. The lowest BCUT2D eigenvalue weighted by Crippen LogP contribution is -2.52. The Morgan fingerprint density at radius 3 is 1.95 bits per heavy atom. The topological polar surface area (TPSA) is 157 Å². The largest absolute Gasteiger partial charge is 0.453 e. The minimum atomic E-state index is -0.657. The summed E-state index contributed by atoms with van der Waals surface area (Å²) in [5, 5.41) is 2.72. The number of amides is 4. The Balaban J connectivity index is 1.01. The van der Waals surface area contributed by atoms with Crippen molar-refractivity contribution in [3.05, 3.63) is 71.6 Å². The van der Waals surface area contributed by atoms with Gasteiger partial charge in [-0.05, 0) is 78.2 Å². The molecular weight excluding hydrogens is 757 g/mol. The zero-order valence-electron chi connectivity index (χ0n) is 36.1. The molecule has 5 aliphatic rings. The number of aromatic amines is 2. The standard InChI is InChI=1S/C47H60N8O5/c1-26(2)28(5)44(56)54-20-8-10-31(54)22-40-49-25-37(51-40)34-17-16-33(42-38-19-18-35(41(34)42)45(57)53(38)6)29-12-14-30(15-13-29)36-24-48-39(50-36)23-32-11-9-21-55(32)46(58)43(27(3)4)52-47(59)60-7/h12-17,24-28,31-32,35,38,43H,8-11,18-23H2,1-7H3,(H,48,50)(H,49,51)(H,52,59). The Labute approximate surface area is 353 Å². The number of carbonyl (C=O) groups is 4. The first kappa shape index (κ1) is 41.3. The average Bonchev–Trinajstić information content (AvgIpc) is 4.09. The molecule has 3 N–H and O–H groups in total. The number of likely N-dealkylation sites (N-methyl/N-ethyl adjacent to an activating group) is 1. The first-order valence-electron chi connectivity index (χ1n) is 21.9. The van der Waals surface area contributed by atoms with Crippen molar-refractivity contribution in [3.8, 4) is 33.6 Å². The number of H-pyrrole nitrogens is 2. The van der Waals surface area contributed by atoms with E-state index >= 15 is 0 Å². The van der Waals surface area contributed by atoms with Crippen LogP contribution in [0.15, 0.2) is 48.8 Å². The summed E-state index contributed by atoms with van der Waals surface area (Å²) >= 11 is 0. The lowest BCUT2D eigenvalue weighted by molar-refractivity contribution is -0.138. The fraction of sp³-hybridized carbons (Fsp3) is 0.532. The first-order valence-corrected chi connectivity index (χ1v) is 21.9. The van der Waals surface area contributed by atoms with Crippen molar-refractivity contribution in [2.24, 2.45) is 17.8 Å². The van der Waals surface area contributed by atoms with E-state index in [2.05, 4.69) is 70.4 Å². The SMILES string of the molecule is COC(=O)NC(C(=O)N1CCCC1Cc1ncc(-c2ccc(-c3ccc(-c4cnc(CC5CCCN5C(=O)C(C)C(C)C)[nH]4)c4c3C3CCC4C(=O)N3C)cc2)[nH]1)C(C)C. The summed E-state index contributed by atoms with van der Waals surface area (Å²) in [7, 11) is 3.24. The quantitative estimate of drug-likeness (QED) is 0.136. The molecule has 4 amide bonds. The van der Waals surface area contributed by atoms with Crippen molar-refractivity contribution in [1.29, 1.82) is 0 Å². The summed E-state index contributed by atoms with van der Waals surface area (Å²) in [4.78, 5) is 75.2. The van der Waals surface area contributed by atoms with Crippen LogP contribution in [-0.2, 0) is 32.0 Å². The number of hydrogen-bond acceptors (Lipinski definition) is 7. The lowest BCUT2D eigenvalue weighted by atomic mass is 9.70. The average molecular weight is 817 g/mol.